The lowest BCUT2D eigenvalue weighted by atomic mass is 10.2. The van der Waals surface area contributed by atoms with Crippen molar-refractivity contribution in [3.05, 3.63) is 71.2 Å². The van der Waals surface area contributed by atoms with Gasteiger partial charge in [0.15, 0.2) is 0 Å². The molecule has 1 atom stereocenters. The van der Waals surface area contributed by atoms with Gasteiger partial charge in [0.1, 0.15) is 11.8 Å². The number of carbonyl (C=O) groups excluding carboxylic acids is 1. The Kier molecular flexibility index (Phi) is 4.51. The molecule has 122 valence electrons. The predicted molar refractivity (Wildman–Crippen MR) is 87.0 cm³/mol. The molecule has 7 nitrogen and oxygen atoms in total. The summed E-state index contributed by atoms with van der Waals surface area (Å²) in [5.41, 5.74) is 1.01. The van der Waals surface area contributed by atoms with Crippen LogP contribution in [0.5, 0.6) is 0 Å². The molecule has 3 aromatic heterocycles. The van der Waals surface area contributed by atoms with Gasteiger partial charge in [-0.1, -0.05) is 0 Å². The monoisotopic (exact) mass is 324 g/mol. The Morgan fingerprint density at radius 3 is 2.88 bits per heavy atom. The Bertz CT molecular complexity index is 872. The van der Waals surface area contributed by atoms with Crippen molar-refractivity contribution in [1.29, 1.82) is 0 Å². The molecule has 0 aliphatic heterocycles. The first-order valence-corrected chi connectivity index (χ1v) is 7.45. The summed E-state index contributed by atoms with van der Waals surface area (Å²) in [5.74, 6) is 0.323. The molecule has 0 fully saturated rings. The summed E-state index contributed by atoms with van der Waals surface area (Å²) in [6.07, 6.45) is 4.84. The largest absolute Gasteiger partial charge is 0.467 e. The number of furan rings is 1. The van der Waals surface area contributed by atoms with Crippen molar-refractivity contribution >= 4 is 5.91 Å². The third kappa shape index (κ3) is 3.40. The second-order valence-electron chi connectivity index (χ2n) is 5.22. The second kappa shape index (κ2) is 6.91. The van der Waals surface area contributed by atoms with Crippen molar-refractivity contribution in [3.63, 3.8) is 0 Å². The molecule has 0 spiro atoms. The first-order valence-electron chi connectivity index (χ1n) is 7.45. The summed E-state index contributed by atoms with van der Waals surface area (Å²) in [6, 6.07) is 9.39. The molecule has 0 aliphatic carbocycles. The highest BCUT2D eigenvalue weighted by molar-refractivity contribution is 5.79. The number of nitrogens with zero attached hydrogens (tertiary/aromatic N) is 3. The average molecular weight is 324 g/mol. The van der Waals surface area contributed by atoms with E-state index in [2.05, 4.69) is 15.4 Å². The molecule has 1 N–H and O–H groups in total. The van der Waals surface area contributed by atoms with E-state index in [-0.39, 0.29) is 18.0 Å². The molecule has 1 unspecified atom stereocenters. The molecular formula is C17H16N4O3. The van der Waals surface area contributed by atoms with Gasteiger partial charge in [-0.05, 0) is 37.3 Å². The molecule has 3 aromatic rings. The van der Waals surface area contributed by atoms with Gasteiger partial charge in [0.25, 0.3) is 5.56 Å². The Hall–Kier alpha value is -3.22. The molecule has 3 rings (SSSR count). The fourth-order valence-corrected chi connectivity index (χ4v) is 2.22. The normalized spacial score (nSPS) is 11.9. The zero-order chi connectivity index (χ0) is 16.9. The Balaban J connectivity index is 1.80. The minimum atomic E-state index is -0.746. The first kappa shape index (κ1) is 15.7. The Morgan fingerprint density at radius 1 is 1.29 bits per heavy atom. The predicted octanol–water partition coefficient (Wildman–Crippen LogP) is 1.78. The van der Waals surface area contributed by atoms with Crippen molar-refractivity contribution in [2.75, 3.05) is 0 Å². The van der Waals surface area contributed by atoms with Gasteiger partial charge >= 0.3 is 0 Å². The average Bonchev–Trinajstić information content (AvgIpc) is 3.14. The maximum atomic E-state index is 12.3. The van der Waals surface area contributed by atoms with Crippen LogP contribution in [0.25, 0.3) is 11.3 Å². The second-order valence-corrected chi connectivity index (χ2v) is 5.22. The zero-order valence-electron chi connectivity index (χ0n) is 13.0. The van der Waals surface area contributed by atoms with E-state index in [0.29, 0.717) is 11.5 Å². The van der Waals surface area contributed by atoms with E-state index < -0.39 is 6.04 Å². The highest BCUT2D eigenvalue weighted by atomic mass is 16.3. The van der Waals surface area contributed by atoms with Gasteiger partial charge in [-0.3, -0.25) is 14.6 Å². The van der Waals surface area contributed by atoms with Crippen LogP contribution >= 0.6 is 0 Å². The van der Waals surface area contributed by atoms with Crippen molar-refractivity contribution in [3.8, 4) is 11.3 Å². The van der Waals surface area contributed by atoms with Crippen LogP contribution in [0.1, 0.15) is 18.7 Å². The number of carbonyl (C=O) groups is 1. The van der Waals surface area contributed by atoms with Gasteiger partial charge in [-0.15, -0.1) is 0 Å². The maximum Gasteiger partial charge on any atom is 0.267 e. The minimum absolute atomic E-state index is 0.257. The molecule has 0 radical (unpaired) electrons. The zero-order valence-corrected chi connectivity index (χ0v) is 13.0. The summed E-state index contributed by atoms with van der Waals surface area (Å²) < 4.78 is 6.33. The lowest BCUT2D eigenvalue weighted by Gasteiger charge is -2.14. The smallest absolute Gasteiger partial charge is 0.267 e. The molecule has 0 saturated carbocycles. The summed E-state index contributed by atoms with van der Waals surface area (Å²) in [5, 5.41) is 7.01. The van der Waals surface area contributed by atoms with Crippen molar-refractivity contribution < 1.29 is 9.21 Å². The molecular weight excluding hydrogens is 308 g/mol. The van der Waals surface area contributed by atoms with Crippen molar-refractivity contribution in [2.45, 2.75) is 19.5 Å². The molecule has 3 heterocycles. The molecule has 1 amide bonds. The number of aromatic nitrogens is 3. The van der Waals surface area contributed by atoms with Crippen LogP contribution in [0.2, 0.25) is 0 Å². The van der Waals surface area contributed by atoms with Crippen LogP contribution in [-0.2, 0) is 11.3 Å². The number of pyridine rings is 1. The third-order valence-electron chi connectivity index (χ3n) is 3.55. The maximum absolute atomic E-state index is 12.3. The van der Waals surface area contributed by atoms with Crippen LogP contribution in [0.15, 0.2) is 64.3 Å². The van der Waals surface area contributed by atoms with Crippen molar-refractivity contribution in [1.82, 2.24) is 20.1 Å². The summed E-state index contributed by atoms with van der Waals surface area (Å²) >= 11 is 0. The molecule has 7 heteroatoms. The number of hydrogen-bond acceptors (Lipinski definition) is 5. The van der Waals surface area contributed by atoms with Crippen LogP contribution in [-0.4, -0.2) is 20.7 Å². The highest BCUT2D eigenvalue weighted by Crippen LogP contribution is 2.14. The van der Waals surface area contributed by atoms with Crippen LogP contribution in [0.4, 0.5) is 0 Å². The Morgan fingerprint density at radius 2 is 2.17 bits per heavy atom. The topological polar surface area (TPSA) is 90.0 Å². The minimum Gasteiger partial charge on any atom is -0.467 e. The number of nitrogens with one attached hydrogen (secondary N) is 1. The highest BCUT2D eigenvalue weighted by Gasteiger charge is 2.18. The lowest BCUT2D eigenvalue weighted by Crippen LogP contribution is -2.36. The summed E-state index contributed by atoms with van der Waals surface area (Å²) in [4.78, 5) is 28.4. The van der Waals surface area contributed by atoms with Crippen LogP contribution < -0.4 is 10.9 Å². The van der Waals surface area contributed by atoms with Crippen LogP contribution in [0, 0.1) is 0 Å². The molecule has 24 heavy (non-hydrogen) atoms. The van der Waals surface area contributed by atoms with Gasteiger partial charge in [-0.25, -0.2) is 4.68 Å². The standard InChI is InChI=1S/C17H16N4O3/c1-12(17(23)19-11-14-5-3-9-24-14)21-16(22)7-6-15(20-21)13-4-2-8-18-10-13/h2-10,12H,11H2,1H3,(H,19,23). The summed E-state index contributed by atoms with van der Waals surface area (Å²) in [7, 11) is 0. The van der Waals surface area contributed by atoms with E-state index in [1.54, 1.807) is 43.6 Å². The van der Waals surface area contributed by atoms with Gasteiger partial charge in [0.05, 0.1) is 18.5 Å². The number of hydrogen-bond donors (Lipinski definition) is 1. The summed E-state index contributed by atoms with van der Waals surface area (Å²) in [6.45, 7) is 1.88. The SMILES string of the molecule is CC(C(=O)NCc1ccco1)n1nc(-c2cccnc2)ccc1=O. The fourth-order valence-electron chi connectivity index (χ4n) is 2.22. The van der Waals surface area contributed by atoms with Gasteiger partial charge in [0, 0.05) is 24.0 Å². The quantitative estimate of drug-likeness (QED) is 0.772. The lowest BCUT2D eigenvalue weighted by molar-refractivity contribution is -0.124. The van der Waals surface area contributed by atoms with E-state index in [9.17, 15) is 9.59 Å². The Labute approximate surface area is 138 Å². The third-order valence-corrected chi connectivity index (χ3v) is 3.55. The number of amides is 1. The molecule has 0 aliphatic rings. The first-order chi connectivity index (χ1) is 11.6. The van der Waals surface area contributed by atoms with Crippen molar-refractivity contribution in [2.24, 2.45) is 0 Å². The molecule has 0 saturated heterocycles. The van der Waals surface area contributed by atoms with E-state index in [1.807, 2.05) is 6.07 Å². The van der Waals surface area contributed by atoms with E-state index in [1.165, 1.54) is 17.0 Å². The molecule has 0 bridgehead atoms. The van der Waals surface area contributed by atoms with E-state index in [0.717, 1.165) is 5.56 Å². The van der Waals surface area contributed by atoms with E-state index in [4.69, 9.17) is 4.42 Å². The van der Waals surface area contributed by atoms with Crippen LogP contribution in [0.3, 0.4) is 0 Å². The van der Waals surface area contributed by atoms with Gasteiger partial charge in [0.2, 0.25) is 5.91 Å². The van der Waals surface area contributed by atoms with Gasteiger partial charge in [-0.2, -0.15) is 5.10 Å². The number of rotatable bonds is 5. The molecule has 0 aromatic carbocycles. The fraction of sp³-hybridized carbons (Fsp3) is 0.176. The van der Waals surface area contributed by atoms with Gasteiger partial charge < -0.3 is 9.73 Å². The van der Waals surface area contributed by atoms with E-state index >= 15 is 0 Å².